The maximum atomic E-state index is 15.6. The number of halogens is 2. The number of aromatic nitrogens is 6. The van der Waals surface area contributed by atoms with Crippen molar-refractivity contribution in [3.8, 4) is 28.3 Å². The van der Waals surface area contributed by atoms with Crippen molar-refractivity contribution in [1.29, 1.82) is 0 Å². The first-order valence-corrected chi connectivity index (χ1v) is 21.6. The molecule has 1 N–H and O–H groups in total. The fourth-order valence-corrected chi connectivity index (χ4v) is 9.69. The number of aliphatic hydroxyl groups is 1. The average Bonchev–Trinajstić information content (AvgIpc) is 3.87. The van der Waals surface area contributed by atoms with Crippen LogP contribution < -0.4 is 9.64 Å². The second-order valence-electron chi connectivity index (χ2n) is 16.4. The molecule has 9 rings (SSSR count). The molecule has 0 bridgehead atoms. The standard InChI is InChI=1S/C47H50Cl2N8O4/c1-27-21-33(22-28(2)43(27)49)61-18-7-9-34-35-11-12-37(48)42(41-30(4)52-53(6)31(41)5)44(35)57-29(3)24-56(47(59)45(34)57)39-25-55(26-40(58)54-16-19-60-20-17-54)38-13-10-32(23-36(38)39)46-50-14-8-15-51-46/h8,10-15,21-23,25,29,40,58H,7,9,16-20,24,26H2,1-6H3/t29-,40?/m1/s1. The van der Waals surface area contributed by atoms with E-state index < -0.39 is 6.23 Å². The molecule has 1 unspecified atom stereocenters. The summed E-state index contributed by atoms with van der Waals surface area (Å²) in [7, 11) is 1.94. The number of carbonyl (C=O) groups excluding carboxylic acids is 1. The summed E-state index contributed by atoms with van der Waals surface area (Å²) < 4.78 is 18.0. The molecule has 2 aliphatic heterocycles. The molecule has 6 heterocycles. The number of nitrogens with zero attached hydrogens (tertiary/aromatic N) is 8. The third kappa shape index (κ3) is 7.38. The van der Waals surface area contributed by atoms with Gasteiger partial charge in [-0.25, -0.2) is 9.97 Å². The van der Waals surface area contributed by atoms with E-state index in [9.17, 15) is 5.11 Å². The third-order valence-corrected chi connectivity index (χ3v) is 13.3. The number of fused-ring (bicyclic) bond motifs is 4. The van der Waals surface area contributed by atoms with E-state index in [-0.39, 0.29) is 11.9 Å². The van der Waals surface area contributed by atoms with Gasteiger partial charge in [-0.05, 0) is 107 Å². The lowest BCUT2D eigenvalue weighted by molar-refractivity contribution is -0.0646. The highest BCUT2D eigenvalue weighted by molar-refractivity contribution is 6.35. The van der Waals surface area contributed by atoms with Crippen LogP contribution in [0.2, 0.25) is 10.0 Å². The van der Waals surface area contributed by atoms with Crippen LogP contribution in [0.15, 0.2) is 67.1 Å². The minimum Gasteiger partial charge on any atom is -0.494 e. The number of aryl methyl sites for hydroxylation is 5. The molecule has 0 spiro atoms. The number of morpholine rings is 1. The molecule has 2 aliphatic rings. The lowest BCUT2D eigenvalue weighted by Gasteiger charge is -2.34. The van der Waals surface area contributed by atoms with Gasteiger partial charge in [-0.15, -0.1) is 0 Å². The minimum absolute atomic E-state index is 0.106. The quantitative estimate of drug-likeness (QED) is 0.128. The highest BCUT2D eigenvalue weighted by atomic mass is 35.5. The number of benzene rings is 3. The van der Waals surface area contributed by atoms with E-state index in [0.717, 1.165) is 83.0 Å². The molecular weight excluding hydrogens is 811 g/mol. The first-order chi connectivity index (χ1) is 29.4. The summed E-state index contributed by atoms with van der Waals surface area (Å²) in [6, 6.07) is 15.7. The molecule has 61 heavy (non-hydrogen) atoms. The Labute approximate surface area is 365 Å². The van der Waals surface area contributed by atoms with Crippen LogP contribution in [0.4, 0.5) is 5.69 Å². The lowest BCUT2D eigenvalue weighted by Crippen LogP contribution is -2.45. The number of rotatable bonds is 11. The Morgan fingerprint density at radius 3 is 2.41 bits per heavy atom. The van der Waals surface area contributed by atoms with Crippen molar-refractivity contribution < 1.29 is 19.4 Å². The molecule has 14 heteroatoms. The summed E-state index contributed by atoms with van der Waals surface area (Å²) in [6.07, 6.45) is 5.99. The Bertz CT molecular complexity index is 2780. The molecule has 1 amide bonds. The third-order valence-electron chi connectivity index (χ3n) is 12.4. The van der Waals surface area contributed by atoms with Crippen LogP contribution in [-0.2, 0) is 24.8 Å². The zero-order chi connectivity index (χ0) is 42.7. The number of anilines is 1. The van der Waals surface area contributed by atoms with Gasteiger partial charge >= 0.3 is 0 Å². The van der Waals surface area contributed by atoms with Gasteiger partial charge in [-0.2, -0.15) is 5.10 Å². The van der Waals surface area contributed by atoms with Crippen molar-refractivity contribution in [2.45, 2.75) is 66.3 Å². The smallest absolute Gasteiger partial charge is 0.275 e. The first-order valence-electron chi connectivity index (χ1n) is 20.9. The van der Waals surface area contributed by atoms with Gasteiger partial charge in [0.15, 0.2) is 5.82 Å². The van der Waals surface area contributed by atoms with Crippen LogP contribution in [0, 0.1) is 27.7 Å². The molecular formula is C47H50Cl2N8O4. The largest absolute Gasteiger partial charge is 0.494 e. The Morgan fingerprint density at radius 1 is 0.967 bits per heavy atom. The van der Waals surface area contributed by atoms with Gasteiger partial charge in [0.25, 0.3) is 5.91 Å². The predicted molar refractivity (Wildman–Crippen MR) is 241 cm³/mol. The van der Waals surface area contributed by atoms with E-state index in [1.165, 1.54) is 0 Å². The SMILES string of the molecule is Cc1cc(OCCCc2c3n(c4c(-c5c(C)nn(C)c5C)c(Cl)ccc24)[C@H](C)CN(c2cn(CC(O)N4CCOCC4)c4ccc(-c5ncccn5)cc24)C3=O)cc(C)c1Cl. The van der Waals surface area contributed by atoms with Crippen LogP contribution in [0.3, 0.4) is 0 Å². The van der Waals surface area contributed by atoms with E-state index in [4.69, 9.17) is 37.8 Å². The fourth-order valence-electron chi connectivity index (χ4n) is 9.34. The molecule has 0 aliphatic carbocycles. The zero-order valence-electron chi connectivity index (χ0n) is 35.4. The van der Waals surface area contributed by atoms with E-state index >= 15 is 4.79 Å². The summed E-state index contributed by atoms with van der Waals surface area (Å²) >= 11 is 13.7. The van der Waals surface area contributed by atoms with Crippen LogP contribution in [0.5, 0.6) is 5.75 Å². The topological polar surface area (TPSA) is 116 Å². The normalized spacial score (nSPS) is 16.5. The van der Waals surface area contributed by atoms with Crippen LogP contribution in [0.25, 0.3) is 44.3 Å². The second kappa shape index (κ2) is 16.6. The average molecular weight is 862 g/mol. The van der Waals surface area contributed by atoms with Gasteiger partial charge < -0.3 is 28.6 Å². The van der Waals surface area contributed by atoms with Crippen LogP contribution in [-0.4, -0.2) is 90.5 Å². The minimum atomic E-state index is -0.736. The number of ether oxygens (including phenoxy) is 2. The molecule has 0 radical (unpaired) electrons. The maximum Gasteiger partial charge on any atom is 0.275 e. The maximum absolute atomic E-state index is 15.6. The van der Waals surface area contributed by atoms with E-state index in [1.807, 2.05) is 78.8 Å². The van der Waals surface area contributed by atoms with Crippen molar-refractivity contribution in [2.75, 3.05) is 44.4 Å². The molecule has 1 fully saturated rings. The lowest BCUT2D eigenvalue weighted by atomic mass is 9.98. The molecule has 0 saturated carbocycles. The molecule has 1 saturated heterocycles. The summed E-state index contributed by atoms with van der Waals surface area (Å²) in [4.78, 5) is 28.6. The Kier molecular flexibility index (Phi) is 11.2. The number of hydrogen-bond acceptors (Lipinski definition) is 8. The highest BCUT2D eigenvalue weighted by Crippen LogP contribution is 2.46. The van der Waals surface area contributed by atoms with E-state index in [1.54, 1.807) is 18.5 Å². The Morgan fingerprint density at radius 2 is 1.70 bits per heavy atom. The summed E-state index contributed by atoms with van der Waals surface area (Å²) in [5.41, 5.74) is 10.7. The number of hydrogen-bond donors (Lipinski definition) is 1. The number of amides is 1. The molecule has 4 aromatic heterocycles. The second-order valence-corrected chi connectivity index (χ2v) is 17.2. The van der Waals surface area contributed by atoms with Gasteiger partial charge in [-0.1, -0.05) is 29.3 Å². The fraction of sp³-hybridized carbons (Fsp3) is 0.362. The Balaban J connectivity index is 1.17. The summed E-state index contributed by atoms with van der Waals surface area (Å²) in [5, 5.41) is 19.5. The van der Waals surface area contributed by atoms with Gasteiger partial charge in [0.05, 0.1) is 53.8 Å². The van der Waals surface area contributed by atoms with Gasteiger partial charge in [0, 0.05) is 89.5 Å². The molecule has 316 valence electrons. The zero-order valence-corrected chi connectivity index (χ0v) is 36.9. The monoisotopic (exact) mass is 860 g/mol. The van der Waals surface area contributed by atoms with Crippen molar-refractivity contribution in [2.24, 2.45) is 7.05 Å². The highest BCUT2D eigenvalue weighted by Gasteiger charge is 2.38. The van der Waals surface area contributed by atoms with Gasteiger partial charge in [-0.3, -0.25) is 14.4 Å². The van der Waals surface area contributed by atoms with Crippen LogP contribution in [0.1, 0.15) is 58.0 Å². The molecule has 7 aromatic rings. The van der Waals surface area contributed by atoms with Crippen molar-refractivity contribution in [3.63, 3.8) is 0 Å². The van der Waals surface area contributed by atoms with Crippen molar-refractivity contribution >= 4 is 56.6 Å². The van der Waals surface area contributed by atoms with Crippen molar-refractivity contribution in [3.05, 3.63) is 111 Å². The van der Waals surface area contributed by atoms with Gasteiger partial charge in [0.2, 0.25) is 0 Å². The van der Waals surface area contributed by atoms with Gasteiger partial charge in [0.1, 0.15) is 17.7 Å². The summed E-state index contributed by atoms with van der Waals surface area (Å²) in [6.45, 7) is 13.8. The molecule has 3 aromatic carbocycles. The predicted octanol–water partition coefficient (Wildman–Crippen LogP) is 8.88. The number of carbonyl (C=O) groups is 1. The van der Waals surface area contributed by atoms with Crippen molar-refractivity contribution in [1.82, 2.24) is 33.8 Å². The molecule has 2 atom stereocenters. The van der Waals surface area contributed by atoms with Crippen LogP contribution >= 0.6 is 23.2 Å². The van der Waals surface area contributed by atoms with E-state index in [2.05, 4.69) is 45.1 Å². The number of aliphatic hydroxyl groups excluding tert-OH is 1. The first kappa shape index (κ1) is 41.1. The summed E-state index contributed by atoms with van der Waals surface area (Å²) in [5.74, 6) is 1.25. The Hall–Kier alpha value is -5.24. The van der Waals surface area contributed by atoms with E-state index in [0.29, 0.717) is 75.4 Å². The molecule has 12 nitrogen and oxygen atoms in total.